The number of hydrogen-bond acceptors (Lipinski definition) is 7. The van der Waals surface area contributed by atoms with E-state index in [1.807, 2.05) is 13.1 Å². The summed E-state index contributed by atoms with van der Waals surface area (Å²) in [6, 6.07) is 4.24. The number of carbonyl (C=O) groups excluding carboxylic acids is 4. The van der Waals surface area contributed by atoms with E-state index in [1.54, 1.807) is 12.1 Å². The molecule has 3 aliphatic heterocycles. The quantitative estimate of drug-likeness (QED) is 0.642. The van der Waals surface area contributed by atoms with Crippen LogP contribution in [0.5, 0.6) is 0 Å². The number of fused-ring (bicyclic) bond motifs is 1. The fourth-order valence-electron chi connectivity index (χ4n) is 4.16. The number of ether oxygens (including phenoxy) is 1. The normalized spacial score (nSPS) is 24.8. The number of nitrogens with zero attached hydrogens (tertiary/aromatic N) is 2. The van der Waals surface area contributed by atoms with Crippen LogP contribution < -0.4 is 10.6 Å². The number of benzene rings is 1. The van der Waals surface area contributed by atoms with E-state index in [1.165, 1.54) is 0 Å². The molecule has 1 aromatic carbocycles. The van der Waals surface area contributed by atoms with Gasteiger partial charge in [-0.05, 0) is 25.1 Å². The minimum Gasteiger partial charge on any atom is -0.374 e. The highest BCUT2D eigenvalue weighted by molar-refractivity contribution is 6.24. The Bertz CT molecular complexity index is 864. The van der Waals surface area contributed by atoms with Gasteiger partial charge in [-0.25, -0.2) is 0 Å². The minimum atomic E-state index is -0.951. The number of rotatable bonds is 5. The molecule has 2 N–H and O–H groups in total. The molecule has 0 bridgehead atoms. The molecule has 4 rings (SSSR count). The molecule has 2 fully saturated rings. The number of piperidine rings is 1. The molecule has 0 aliphatic carbocycles. The molecule has 2 saturated heterocycles. The Balaban J connectivity index is 1.53. The monoisotopic (exact) mass is 400 g/mol. The molecule has 29 heavy (non-hydrogen) atoms. The Morgan fingerprint density at radius 2 is 2.03 bits per heavy atom. The topological polar surface area (TPSA) is 108 Å². The third-order valence-electron chi connectivity index (χ3n) is 5.51. The summed E-state index contributed by atoms with van der Waals surface area (Å²) in [7, 11) is 1.94. The molecule has 0 saturated carbocycles. The standard InChI is InChI=1S/C20H24N4O5/c1-23(11-13-9-21-7-8-29-13)10-12-3-2-4-14-17(12)20(28)24(19(14)27)15-5-6-16(25)22-18(15)26/h2-4,13,15,21H,5-11H2,1H3,(H,22,25,26). The van der Waals surface area contributed by atoms with Crippen molar-refractivity contribution in [1.29, 1.82) is 0 Å². The third kappa shape index (κ3) is 3.81. The lowest BCUT2D eigenvalue weighted by Crippen LogP contribution is -2.54. The van der Waals surface area contributed by atoms with Crippen LogP contribution in [0.25, 0.3) is 0 Å². The van der Waals surface area contributed by atoms with Gasteiger partial charge in [0.1, 0.15) is 6.04 Å². The van der Waals surface area contributed by atoms with Crippen LogP contribution in [0.3, 0.4) is 0 Å². The molecule has 9 heteroatoms. The van der Waals surface area contributed by atoms with Gasteiger partial charge in [-0.1, -0.05) is 12.1 Å². The fourth-order valence-corrected chi connectivity index (χ4v) is 4.16. The van der Waals surface area contributed by atoms with Crippen LogP contribution in [0.1, 0.15) is 39.1 Å². The Morgan fingerprint density at radius 3 is 2.76 bits per heavy atom. The summed E-state index contributed by atoms with van der Waals surface area (Å²) < 4.78 is 5.73. The van der Waals surface area contributed by atoms with Crippen LogP contribution in [-0.4, -0.2) is 78.9 Å². The van der Waals surface area contributed by atoms with Gasteiger partial charge < -0.3 is 10.1 Å². The zero-order chi connectivity index (χ0) is 20.5. The lowest BCUT2D eigenvalue weighted by atomic mass is 10.0. The summed E-state index contributed by atoms with van der Waals surface area (Å²) in [6.07, 6.45) is 0.328. The number of nitrogens with one attached hydrogen (secondary N) is 2. The van der Waals surface area contributed by atoms with Crippen LogP contribution in [0, 0.1) is 0 Å². The van der Waals surface area contributed by atoms with Crippen LogP contribution in [0.4, 0.5) is 0 Å². The van der Waals surface area contributed by atoms with E-state index in [0.717, 1.165) is 23.6 Å². The Hall–Kier alpha value is -2.62. The molecule has 3 aliphatic rings. The number of hydrogen-bond donors (Lipinski definition) is 2. The zero-order valence-corrected chi connectivity index (χ0v) is 16.3. The van der Waals surface area contributed by atoms with Crippen molar-refractivity contribution in [2.24, 2.45) is 0 Å². The van der Waals surface area contributed by atoms with Crippen molar-refractivity contribution in [2.75, 3.05) is 33.3 Å². The van der Waals surface area contributed by atoms with E-state index in [9.17, 15) is 19.2 Å². The van der Waals surface area contributed by atoms with Gasteiger partial charge in [0.25, 0.3) is 11.8 Å². The maximum atomic E-state index is 13.1. The van der Waals surface area contributed by atoms with Crippen molar-refractivity contribution in [1.82, 2.24) is 20.4 Å². The van der Waals surface area contributed by atoms with Crippen molar-refractivity contribution in [3.8, 4) is 0 Å². The maximum absolute atomic E-state index is 13.1. The SMILES string of the molecule is CN(Cc1cccc2c1C(=O)N(C1CCC(=O)NC1=O)C2=O)CC1CNCCO1. The number of imide groups is 2. The molecule has 0 spiro atoms. The number of morpholine rings is 1. The molecular formula is C20H24N4O5. The Kier molecular flexibility index (Phi) is 5.44. The summed E-state index contributed by atoms with van der Waals surface area (Å²) in [5.74, 6) is -1.94. The number of carbonyl (C=O) groups is 4. The number of likely N-dealkylation sites (N-methyl/N-ethyl adjacent to an activating group) is 1. The molecule has 0 aromatic heterocycles. The van der Waals surface area contributed by atoms with Gasteiger partial charge in [0.2, 0.25) is 11.8 Å². The molecule has 4 amide bonds. The molecular weight excluding hydrogens is 376 g/mol. The van der Waals surface area contributed by atoms with Gasteiger partial charge in [0.15, 0.2) is 0 Å². The van der Waals surface area contributed by atoms with E-state index >= 15 is 0 Å². The summed E-state index contributed by atoms with van der Waals surface area (Å²) in [5.41, 5.74) is 1.39. The van der Waals surface area contributed by atoms with Crippen molar-refractivity contribution in [3.63, 3.8) is 0 Å². The Labute approximate surface area is 168 Å². The van der Waals surface area contributed by atoms with Crippen molar-refractivity contribution >= 4 is 23.6 Å². The molecule has 0 radical (unpaired) electrons. The van der Waals surface area contributed by atoms with Crippen molar-refractivity contribution in [2.45, 2.75) is 31.5 Å². The molecule has 154 valence electrons. The summed E-state index contributed by atoms with van der Waals surface area (Å²) in [6.45, 7) is 3.46. The third-order valence-corrected chi connectivity index (χ3v) is 5.51. The van der Waals surface area contributed by atoms with Gasteiger partial charge in [-0.3, -0.25) is 34.3 Å². The van der Waals surface area contributed by atoms with E-state index < -0.39 is 23.8 Å². The fraction of sp³-hybridized carbons (Fsp3) is 0.500. The van der Waals surface area contributed by atoms with Gasteiger partial charge in [-0.15, -0.1) is 0 Å². The second-order valence-corrected chi connectivity index (χ2v) is 7.68. The lowest BCUT2D eigenvalue weighted by molar-refractivity contribution is -0.136. The molecule has 1 aromatic rings. The minimum absolute atomic E-state index is 0.0721. The van der Waals surface area contributed by atoms with Gasteiger partial charge in [0, 0.05) is 32.6 Å². The van der Waals surface area contributed by atoms with E-state index in [2.05, 4.69) is 15.5 Å². The molecule has 3 heterocycles. The molecule has 9 nitrogen and oxygen atoms in total. The molecule has 2 atom stereocenters. The van der Waals surface area contributed by atoms with Crippen LogP contribution in [0.15, 0.2) is 18.2 Å². The first kappa shape index (κ1) is 19.7. The lowest BCUT2D eigenvalue weighted by Gasteiger charge is -2.28. The van der Waals surface area contributed by atoms with Crippen LogP contribution >= 0.6 is 0 Å². The van der Waals surface area contributed by atoms with Gasteiger partial charge >= 0.3 is 0 Å². The smallest absolute Gasteiger partial charge is 0.262 e. The average molecular weight is 400 g/mol. The zero-order valence-electron chi connectivity index (χ0n) is 16.3. The predicted octanol–water partition coefficient (Wildman–Crippen LogP) is -0.492. The van der Waals surface area contributed by atoms with E-state index in [0.29, 0.717) is 30.8 Å². The highest BCUT2D eigenvalue weighted by Crippen LogP contribution is 2.30. The maximum Gasteiger partial charge on any atom is 0.262 e. The largest absolute Gasteiger partial charge is 0.374 e. The van der Waals surface area contributed by atoms with Crippen molar-refractivity contribution < 1.29 is 23.9 Å². The van der Waals surface area contributed by atoms with Gasteiger partial charge in [-0.2, -0.15) is 0 Å². The predicted molar refractivity (Wildman–Crippen MR) is 102 cm³/mol. The van der Waals surface area contributed by atoms with E-state index in [-0.39, 0.29) is 24.9 Å². The van der Waals surface area contributed by atoms with E-state index in [4.69, 9.17) is 4.74 Å². The number of amides is 4. The highest BCUT2D eigenvalue weighted by atomic mass is 16.5. The second-order valence-electron chi connectivity index (χ2n) is 7.68. The first-order chi connectivity index (χ1) is 14.0. The Morgan fingerprint density at radius 1 is 1.21 bits per heavy atom. The second kappa shape index (κ2) is 8.02. The van der Waals surface area contributed by atoms with Crippen molar-refractivity contribution in [3.05, 3.63) is 34.9 Å². The first-order valence-electron chi connectivity index (χ1n) is 9.80. The van der Waals surface area contributed by atoms with Crippen LogP contribution in [0.2, 0.25) is 0 Å². The first-order valence-corrected chi connectivity index (χ1v) is 9.80. The molecule has 2 unspecified atom stereocenters. The summed E-state index contributed by atoms with van der Waals surface area (Å²) in [4.78, 5) is 52.7. The van der Waals surface area contributed by atoms with Crippen LogP contribution in [-0.2, 0) is 20.9 Å². The summed E-state index contributed by atoms with van der Waals surface area (Å²) >= 11 is 0. The highest BCUT2D eigenvalue weighted by Gasteiger charge is 2.45. The summed E-state index contributed by atoms with van der Waals surface area (Å²) in [5, 5.41) is 5.50. The average Bonchev–Trinajstić information content (AvgIpc) is 2.94. The van der Waals surface area contributed by atoms with Gasteiger partial charge in [0.05, 0.1) is 23.8 Å².